The smallest absolute Gasteiger partial charge is 0.293 e. The largest absolute Gasteiger partial charge is 0.449 e. The van der Waals surface area contributed by atoms with Gasteiger partial charge in [-0.05, 0) is 31.2 Å². The van der Waals surface area contributed by atoms with Crippen molar-refractivity contribution in [1.29, 1.82) is 0 Å². The van der Waals surface area contributed by atoms with Crippen molar-refractivity contribution in [2.75, 3.05) is 23.8 Å². The zero-order valence-electron chi connectivity index (χ0n) is 14.0. The van der Waals surface area contributed by atoms with Gasteiger partial charge in [-0.1, -0.05) is 24.3 Å². The molecule has 2 aromatic carbocycles. The Bertz CT molecular complexity index is 952. The fourth-order valence-corrected chi connectivity index (χ4v) is 2.44. The number of carbonyl (C=O) groups is 2. The second kappa shape index (κ2) is 7.79. The van der Waals surface area contributed by atoms with Crippen molar-refractivity contribution < 1.29 is 23.1 Å². The van der Waals surface area contributed by atoms with Crippen LogP contribution in [0.1, 0.15) is 17.5 Å². The average molecular weight is 356 g/mol. The van der Waals surface area contributed by atoms with Crippen molar-refractivity contribution in [2.45, 2.75) is 6.92 Å². The van der Waals surface area contributed by atoms with E-state index in [1.54, 1.807) is 37.3 Å². The number of ether oxygens (including phenoxy) is 1. The normalized spacial score (nSPS) is 10.7. The lowest BCUT2D eigenvalue weighted by molar-refractivity contribution is -0.120. The SMILES string of the molecule is CCOCC(=O)Nc1c(C(=O)Nc2ccccc2F)oc2ccccc12. The van der Waals surface area contributed by atoms with Crippen LogP contribution < -0.4 is 10.6 Å². The maximum absolute atomic E-state index is 13.8. The minimum Gasteiger partial charge on any atom is -0.449 e. The maximum Gasteiger partial charge on any atom is 0.293 e. The zero-order valence-corrected chi connectivity index (χ0v) is 14.0. The second-order valence-electron chi connectivity index (χ2n) is 5.42. The average Bonchev–Trinajstić information content (AvgIpc) is 3.00. The molecule has 0 bridgehead atoms. The summed E-state index contributed by atoms with van der Waals surface area (Å²) in [5.74, 6) is -1.77. The molecule has 3 rings (SSSR count). The zero-order chi connectivity index (χ0) is 18.5. The summed E-state index contributed by atoms with van der Waals surface area (Å²) < 4.78 is 24.5. The van der Waals surface area contributed by atoms with E-state index < -0.39 is 17.6 Å². The van der Waals surface area contributed by atoms with Gasteiger partial charge in [-0.2, -0.15) is 0 Å². The topological polar surface area (TPSA) is 80.6 Å². The third-order valence-corrected chi connectivity index (χ3v) is 3.63. The molecule has 1 heterocycles. The molecule has 26 heavy (non-hydrogen) atoms. The first-order chi connectivity index (χ1) is 12.6. The predicted octanol–water partition coefficient (Wildman–Crippen LogP) is 3.80. The van der Waals surface area contributed by atoms with E-state index >= 15 is 0 Å². The first kappa shape index (κ1) is 17.6. The van der Waals surface area contributed by atoms with E-state index in [0.717, 1.165) is 0 Å². The minimum absolute atomic E-state index is 0.0181. The highest BCUT2D eigenvalue weighted by molar-refractivity contribution is 6.14. The molecule has 1 aromatic heterocycles. The fourth-order valence-electron chi connectivity index (χ4n) is 2.44. The molecule has 0 saturated heterocycles. The molecule has 7 heteroatoms. The molecule has 134 valence electrons. The number of furan rings is 1. The Kier molecular flexibility index (Phi) is 5.28. The first-order valence-corrected chi connectivity index (χ1v) is 8.05. The summed E-state index contributed by atoms with van der Waals surface area (Å²) in [5.41, 5.74) is 0.668. The second-order valence-corrected chi connectivity index (χ2v) is 5.42. The van der Waals surface area contributed by atoms with Gasteiger partial charge in [-0.15, -0.1) is 0 Å². The number of carbonyl (C=O) groups excluding carboxylic acids is 2. The number of benzene rings is 2. The van der Waals surface area contributed by atoms with E-state index in [1.807, 2.05) is 0 Å². The van der Waals surface area contributed by atoms with Gasteiger partial charge in [0, 0.05) is 12.0 Å². The lowest BCUT2D eigenvalue weighted by atomic mass is 10.2. The van der Waals surface area contributed by atoms with E-state index in [-0.39, 0.29) is 23.7 Å². The van der Waals surface area contributed by atoms with Crippen LogP contribution in [0.15, 0.2) is 52.9 Å². The van der Waals surface area contributed by atoms with Crippen LogP contribution in [-0.2, 0) is 9.53 Å². The van der Waals surface area contributed by atoms with Crippen molar-refractivity contribution in [1.82, 2.24) is 0 Å². The van der Waals surface area contributed by atoms with Gasteiger partial charge in [0.25, 0.3) is 5.91 Å². The Hall–Kier alpha value is -3.19. The summed E-state index contributed by atoms with van der Waals surface area (Å²) in [6.07, 6.45) is 0. The summed E-state index contributed by atoms with van der Waals surface area (Å²) >= 11 is 0. The lowest BCUT2D eigenvalue weighted by Crippen LogP contribution is -2.21. The van der Waals surface area contributed by atoms with Gasteiger partial charge in [0.2, 0.25) is 11.7 Å². The molecule has 0 saturated carbocycles. The fraction of sp³-hybridized carbons (Fsp3) is 0.158. The molecular weight excluding hydrogens is 339 g/mol. The van der Waals surface area contributed by atoms with Crippen LogP contribution in [0.2, 0.25) is 0 Å². The third-order valence-electron chi connectivity index (χ3n) is 3.63. The molecule has 3 aromatic rings. The molecule has 6 nitrogen and oxygen atoms in total. The molecule has 2 amide bonds. The highest BCUT2D eigenvalue weighted by atomic mass is 19.1. The van der Waals surface area contributed by atoms with Crippen LogP contribution in [0.3, 0.4) is 0 Å². The summed E-state index contributed by atoms with van der Waals surface area (Å²) in [6, 6.07) is 12.7. The molecule has 0 atom stereocenters. The third kappa shape index (κ3) is 3.73. The van der Waals surface area contributed by atoms with Crippen LogP contribution in [-0.4, -0.2) is 25.0 Å². The molecule has 2 N–H and O–H groups in total. The van der Waals surface area contributed by atoms with E-state index in [1.165, 1.54) is 18.2 Å². The van der Waals surface area contributed by atoms with E-state index in [9.17, 15) is 14.0 Å². The van der Waals surface area contributed by atoms with Gasteiger partial charge in [0.05, 0.1) is 5.69 Å². The van der Waals surface area contributed by atoms with Crippen molar-refractivity contribution in [3.63, 3.8) is 0 Å². The Morgan fingerprint density at radius 3 is 2.58 bits per heavy atom. The molecule has 0 spiro atoms. The molecule has 0 aliphatic rings. The number of hydrogen-bond donors (Lipinski definition) is 2. The monoisotopic (exact) mass is 356 g/mol. The Morgan fingerprint density at radius 2 is 1.81 bits per heavy atom. The molecule has 0 radical (unpaired) electrons. The maximum atomic E-state index is 13.8. The first-order valence-electron chi connectivity index (χ1n) is 8.05. The van der Waals surface area contributed by atoms with Gasteiger partial charge >= 0.3 is 0 Å². The standard InChI is InChI=1S/C19H17FN2O4/c1-2-25-11-16(23)22-17-12-7-3-6-10-15(12)26-18(17)19(24)21-14-9-5-4-8-13(14)20/h3-10H,2,11H2,1H3,(H,21,24)(H,22,23). The number of halogens is 1. The number of anilines is 2. The van der Waals surface area contributed by atoms with E-state index in [0.29, 0.717) is 17.6 Å². The highest BCUT2D eigenvalue weighted by Crippen LogP contribution is 2.31. The number of nitrogens with one attached hydrogen (secondary N) is 2. The van der Waals surface area contributed by atoms with Crippen molar-refractivity contribution in [3.05, 3.63) is 60.1 Å². The Morgan fingerprint density at radius 1 is 1.08 bits per heavy atom. The summed E-state index contributed by atoms with van der Waals surface area (Å²) in [6.45, 7) is 2.01. The number of para-hydroxylation sites is 2. The van der Waals surface area contributed by atoms with Crippen molar-refractivity contribution in [2.24, 2.45) is 0 Å². The van der Waals surface area contributed by atoms with Gasteiger partial charge in [0.1, 0.15) is 23.7 Å². The molecular formula is C19H17FN2O4. The van der Waals surface area contributed by atoms with Crippen molar-refractivity contribution in [3.8, 4) is 0 Å². The van der Waals surface area contributed by atoms with Crippen LogP contribution in [0.25, 0.3) is 11.0 Å². The summed E-state index contributed by atoms with van der Waals surface area (Å²) in [4.78, 5) is 24.6. The van der Waals surface area contributed by atoms with Crippen LogP contribution >= 0.6 is 0 Å². The van der Waals surface area contributed by atoms with Crippen molar-refractivity contribution >= 4 is 34.2 Å². The summed E-state index contributed by atoms with van der Waals surface area (Å²) in [5, 5.41) is 5.66. The number of rotatable bonds is 6. The Labute approximate surface area is 148 Å². The van der Waals surface area contributed by atoms with Crippen LogP contribution in [0.5, 0.6) is 0 Å². The molecule has 0 fully saturated rings. The number of hydrogen-bond acceptors (Lipinski definition) is 4. The van der Waals surface area contributed by atoms with Crippen LogP contribution in [0, 0.1) is 5.82 Å². The number of fused-ring (bicyclic) bond motifs is 1. The van der Waals surface area contributed by atoms with Gasteiger partial charge in [-0.25, -0.2) is 4.39 Å². The van der Waals surface area contributed by atoms with Gasteiger partial charge in [-0.3, -0.25) is 9.59 Å². The highest BCUT2D eigenvalue weighted by Gasteiger charge is 2.23. The van der Waals surface area contributed by atoms with E-state index in [4.69, 9.17) is 9.15 Å². The van der Waals surface area contributed by atoms with E-state index in [2.05, 4.69) is 10.6 Å². The summed E-state index contributed by atoms with van der Waals surface area (Å²) in [7, 11) is 0. The molecule has 0 aliphatic carbocycles. The minimum atomic E-state index is -0.669. The van der Waals surface area contributed by atoms with Gasteiger partial charge < -0.3 is 19.8 Å². The van der Waals surface area contributed by atoms with Gasteiger partial charge in [0.15, 0.2) is 0 Å². The lowest BCUT2D eigenvalue weighted by Gasteiger charge is -2.08. The predicted molar refractivity (Wildman–Crippen MR) is 95.7 cm³/mol. The Balaban J connectivity index is 1.94. The quantitative estimate of drug-likeness (QED) is 0.704. The molecule has 0 aliphatic heterocycles. The molecule has 0 unspecified atom stereocenters. The number of amides is 2. The van der Waals surface area contributed by atoms with Crippen LogP contribution in [0.4, 0.5) is 15.8 Å².